The van der Waals surface area contributed by atoms with Gasteiger partial charge in [-0.3, -0.25) is 0 Å². The first-order valence-electron chi connectivity index (χ1n) is 37.4. The maximum atomic E-state index is 11.7. The van der Waals surface area contributed by atoms with E-state index in [0.717, 1.165) is 0 Å². The van der Waals surface area contributed by atoms with Gasteiger partial charge >= 0.3 is 622 Å². The molecule has 2 fully saturated rings. The first-order valence-corrected chi connectivity index (χ1v) is 77.2. The number of hydrogen-bond acceptors (Lipinski definition) is 0. The second-order valence-electron chi connectivity index (χ2n) is 37.0. The molecule has 0 saturated carbocycles. The zero-order valence-corrected chi connectivity index (χ0v) is 78.8. The summed E-state index contributed by atoms with van der Waals surface area (Å²) in [4.78, 5) is 0. The van der Waals surface area contributed by atoms with Crippen molar-refractivity contribution in [2.45, 2.75) is 205 Å². The van der Waals surface area contributed by atoms with E-state index in [9.17, 15) is 17.2 Å². The molecule has 10 aliphatic rings. The first kappa shape index (κ1) is 72.1. The van der Waals surface area contributed by atoms with Crippen molar-refractivity contribution in [1.82, 2.24) is 0 Å². The number of halogens is 2. The Morgan fingerprint density at radius 3 is 0.626 bits per heavy atom. The molecule has 0 nitrogen and oxygen atoms in total. The Labute approximate surface area is 615 Å². The Hall–Kier alpha value is -3.88. The van der Waals surface area contributed by atoms with Gasteiger partial charge in [-0.2, -0.15) is 0 Å². The molecule has 2 aliphatic heterocycles. The van der Waals surface area contributed by atoms with E-state index >= 15 is 0 Å². The SMILES string of the molecule is CC1=CC2=C(C=CC=CC2c2cc(C)c([Si](C)(C)C)c(C)c2)[C]12[GeH]([CH3])[C]1(C(C)=CC3=C1C=CC=CC3c1cc(C)c([Si](C)(C)C)c(C)c1)[Hf]21([Cl])([Cl])[C]2(C(C)=CC3=C2C=CC=CC3c2cc(C)c([Si](C)(C)C)c(C)c2)[GeH]([CH3])[C]12C(C)=CC1=C2C=CC=CC1c1cc(C)c([Si](C)(C)C)c(C)c1. The van der Waals surface area contributed by atoms with Crippen LogP contribution in [-0.4, -0.2) is 61.0 Å². The summed E-state index contributed by atoms with van der Waals surface area (Å²) in [6.45, 7) is 59.8. The van der Waals surface area contributed by atoms with Gasteiger partial charge < -0.3 is 0 Å². The van der Waals surface area contributed by atoms with Gasteiger partial charge in [-0.1, -0.05) is 0 Å². The average Bonchev–Trinajstić information content (AvgIpc) is 1.52. The summed E-state index contributed by atoms with van der Waals surface area (Å²) in [6, 6.07) is 20.7. The zero-order chi connectivity index (χ0) is 71.8. The molecule has 514 valence electrons. The molecule has 5 spiro atoms. The van der Waals surface area contributed by atoms with Crippen molar-refractivity contribution in [2.75, 3.05) is 0 Å². The van der Waals surface area contributed by atoms with E-state index in [1.165, 1.54) is 134 Å². The van der Waals surface area contributed by atoms with E-state index in [0.29, 0.717) is 0 Å². The van der Waals surface area contributed by atoms with Crippen molar-refractivity contribution >= 4 is 98.9 Å². The summed E-state index contributed by atoms with van der Waals surface area (Å²) < 4.78 is -2.52. The molecule has 4 aromatic carbocycles. The van der Waals surface area contributed by atoms with Gasteiger partial charge in [0.05, 0.1) is 0 Å². The van der Waals surface area contributed by atoms with E-state index in [2.05, 4.69) is 343 Å². The van der Waals surface area contributed by atoms with E-state index in [-0.39, 0.29) is 23.7 Å². The van der Waals surface area contributed by atoms with Crippen molar-refractivity contribution in [3.8, 4) is 0 Å². The summed E-state index contributed by atoms with van der Waals surface area (Å²) in [5.41, 5.74) is 34.3. The minimum atomic E-state index is -7.85. The van der Waals surface area contributed by atoms with Crippen LogP contribution in [0.15, 0.2) is 237 Å². The Balaban J connectivity index is 1.19. The van der Waals surface area contributed by atoms with Gasteiger partial charge in [-0.25, -0.2) is 0 Å². The predicted octanol–water partition coefficient (Wildman–Crippen LogP) is 23.4. The number of benzene rings is 4. The monoisotopic (exact) mass is 1700 g/mol. The van der Waals surface area contributed by atoms with Gasteiger partial charge in [-0.15, -0.1) is 0 Å². The molecule has 2 heterocycles. The van der Waals surface area contributed by atoms with Crippen molar-refractivity contribution in [3.63, 3.8) is 0 Å². The molecule has 99 heavy (non-hydrogen) atoms. The maximum absolute atomic E-state index is 11.7. The van der Waals surface area contributed by atoms with Crippen LogP contribution >= 0.6 is 17.2 Å². The molecule has 8 aliphatic carbocycles. The van der Waals surface area contributed by atoms with Crippen LogP contribution < -0.4 is 20.7 Å². The van der Waals surface area contributed by atoms with E-state index in [1.54, 1.807) is 20.7 Å². The molecule has 4 aromatic rings. The molecule has 14 rings (SSSR count). The van der Waals surface area contributed by atoms with Crippen LogP contribution in [0.4, 0.5) is 0 Å². The Bertz CT molecular complexity index is 4230. The molecule has 0 radical (unpaired) electrons. The predicted molar refractivity (Wildman–Crippen MR) is 451 cm³/mol. The summed E-state index contributed by atoms with van der Waals surface area (Å²) in [7, 11) is 16.7. The number of aryl methyl sites for hydroxylation is 8. The van der Waals surface area contributed by atoms with E-state index in [1.807, 2.05) is 0 Å². The third kappa shape index (κ3) is 8.41. The Morgan fingerprint density at radius 2 is 0.465 bits per heavy atom. The number of rotatable bonds is 8. The van der Waals surface area contributed by atoms with Crippen molar-refractivity contribution in [2.24, 2.45) is 0 Å². The van der Waals surface area contributed by atoms with Crippen LogP contribution in [0.5, 0.6) is 0 Å². The van der Waals surface area contributed by atoms with Gasteiger partial charge in [-0.05, 0) is 0 Å². The summed E-state index contributed by atoms with van der Waals surface area (Å²) in [5.74, 6) is 5.77. The quantitative estimate of drug-likeness (QED) is 0.154. The fraction of sp³-hybridized carbons (Fsp3) is 0.378. The number of hydrogen-bond donors (Lipinski definition) is 0. The normalized spacial score (nSPS) is 31.2. The molecule has 9 heteroatoms. The van der Waals surface area contributed by atoms with Crippen molar-refractivity contribution < 1.29 is 14.7 Å². The van der Waals surface area contributed by atoms with E-state index < -0.39 is 83.7 Å². The molecule has 0 bridgehead atoms. The second-order valence-corrected chi connectivity index (χ2v) is 127. The van der Waals surface area contributed by atoms with Gasteiger partial charge in [0.25, 0.3) is 0 Å². The molecular weight excluding hydrogens is 1590 g/mol. The molecule has 0 aromatic heterocycles. The molecular formula is C90H112Cl2Ge2HfSi4. The average molecular weight is 1700 g/mol. The van der Waals surface area contributed by atoms with Crippen molar-refractivity contribution in [3.05, 3.63) is 304 Å². The van der Waals surface area contributed by atoms with Gasteiger partial charge in [0.15, 0.2) is 0 Å². The number of allylic oxidation sites excluding steroid dienone is 32. The van der Waals surface area contributed by atoms with Crippen LogP contribution in [0.3, 0.4) is 0 Å². The van der Waals surface area contributed by atoms with Crippen LogP contribution in [0, 0.1) is 55.4 Å². The fourth-order valence-corrected chi connectivity index (χ4v) is 320. The number of fused-ring (bicyclic) bond motifs is 8. The Kier molecular flexibility index (Phi) is 16.6. The topological polar surface area (TPSA) is 0 Å². The molecule has 2 saturated heterocycles. The minimum absolute atomic E-state index is 0.00403. The summed E-state index contributed by atoms with van der Waals surface area (Å²) in [5, 5.41) is 6.34. The molecule has 8 unspecified atom stereocenters. The van der Waals surface area contributed by atoms with Crippen molar-refractivity contribution in [1.29, 1.82) is 0 Å². The third-order valence-electron chi connectivity index (χ3n) is 27.8. The van der Waals surface area contributed by atoms with Crippen LogP contribution in [0.2, 0.25) is 98.1 Å². The van der Waals surface area contributed by atoms with Crippen LogP contribution in [-0.2, 0) is 14.7 Å². The summed E-state index contributed by atoms with van der Waals surface area (Å²) in [6.07, 6.45) is 51.1. The second kappa shape index (κ2) is 22.8. The van der Waals surface area contributed by atoms with E-state index in [4.69, 9.17) is 0 Å². The van der Waals surface area contributed by atoms with Crippen LogP contribution in [0.1, 0.15) is 118 Å². The molecule has 0 N–H and O–H groups in total. The third-order valence-corrected chi connectivity index (χ3v) is 216. The van der Waals surface area contributed by atoms with Crippen LogP contribution in [0.25, 0.3) is 0 Å². The Morgan fingerprint density at radius 1 is 0.293 bits per heavy atom. The first-order chi connectivity index (χ1) is 46.1. The molecule has 8 atom stereocenters. The van der Waals surface area contributed by atoms with Gasteiger partial charge in [0.2, 0.25) is 0 Å². The molecule has 0 amide bonds. The van der Waals surface area contributed by atoms with Gasteiger partial charge in [0.1, 0.15) is 0 Å². The van der Waals surface area contributed by atoms with Gasteiger partial charge in [0, 0.05) is 0 Å². The fourth-order valence-electron chi connectivity index (χ4n) is 27.3. The zero-order valence-electron chi connectivity index (χ0n) is 64.9. The summed E-state index contributed by atoms with van der Waals surface area (Å²) >= 11 is -14.7. The standard InChI is InChI=1S/2C45H56GeSi2.2ClH.Hf/c2*1-28-26-40-36(34-22-30(3)44(31(4)23-34)47(8,9)10)18-14-16-20-38(40)42(28)46(7)43-29(2)27-41-37(19-15-17-21-39(41)43)35-24-32(5)45(33(6)25-35)48(11,12)13;;;/h2*14-27,36-37,46H,1-13H3;2*1H;/q;;;;+2/p-2.